The molecule has 0 saturated carbocycles. The predicted octanol–water partition coefficient (Wildman–Crippen LogP) is 3.99. The zero-order valence-electron chi connectivity index (χ0n) is 15.1. The number of rotatable bonds is 5. The molecule has 1 N–H and O–H groups in total. The zero-order chi connectivity index (χ0) is 18.7. The standard InChI is InChI=1S/C21H21NO4/c1-13-4-6-15(7-5-13)22-20(23)11-10-18-14(2)17-9-8-16(25-3)12-19(17)26-21(18)24/h4-9,12H,10-11H2,1-3H3,(H,22,23). The molecule has 134 valence electrons. The van der Waals surface area contributed by atoms with Crippen molar-refractivity contribution in [1.29, 1.82) is 0 Å². The van der Waals surface area contributed by atoms with Crippen molar-refractivity contribution in [2.45, 2.75) is 26.7 Å². The molecule has 0 bridgehead atoms. The van der Waals surface area contributed by atoms with Crippen LogP contribution in [0, 0.1) is 13.8 Å². The molecule has 5 heteroatoms. The van der Waals surface area contributed by atoms with Gasteiger partial charge in [-0.3, -0.25) is 4.79 Å². The molecule has 0 atom stereocenters. The van der Waals surface area contributed by atoms with Crippen LogP contribution in [-0.2, 0) is 11.2 Å². The lowest BCUT2D eigenvalue weighted by Crippen LogP contribution is -2.16. The number of carbonyl (C=O) groups is 1. The van der Waals surface area contributed by atoms with Gasteiger partial charge >= 0.3 is 5.63 Å². The van der Waals surface area contributed by atoms with Crippen molar-refractivity contribution in [3.8, 4) is 5.75 Å². The van der Waals surface area contributed by atoms with E-state index in [-0.39, 0.29) is 12.3 Å². The maximum absolute atomic E-state index is 12.3. The van der Waals surface area contributed by atoms with Crippen LogP contribution >= 0.6 is 0 Å². The molecule has 3 aromatic rings. The fourth-order valence-corrected chi connectivity index (χ4v) is 2.89. The van der Waals surface area contributed by atoms with E-state index in [9.17, 15) is 9.59 Å². The van der Waals surface area contributed by atoms with E-state index in [1.807, 2.05) is 50.2 Å². The van der Waals surface area contributed by atoms with Gasteiger partial charge in [-0.05, 0) is 50.1 Å². The summed E-state index contributed by atoms with van der Waals surface area (Å²) in [4.78, 5) is 24.5. The molecule has 26 heavy (non-hydrogen) atoms. The molecule has 0 radical (unpaired) electrons. The molecule has 5 nitrogen and oxygen atoms in total. The Labute approximate surface area is 151 Å². The molecule has 1 aromatic heterocycles. The van der Waals surface area contributed by atoms with Gasteiger partial charge in [0.2, 0.25) is 5.91 Å². The van der Waals surface area contributed by atoms with Gasteiger partial charge in [-0.25, -0.2) is 4.79 Å². The number of nitrogens with one attached hydrogen (secondary N) is 1. The van der Waals surface area contributed by atoms with E-state index in [1.54, 1.807) is 13.2 Å². The molecule has 1 amide bonds. The fraction of sp³-hybridized carbons (Fsp3) is 0.238. The lowest BCUT2D eigenvalue weighted by molar-refractivity contribution is -0.116. The summed E-state index contributed by atoms with van der Waals surface area (Å²) in [7, 11) is 1.56. The highest BCUT2D eigenvalue weighted by atomic mass is 16.5. The van der Waals surface area contributed by atoms with Gasteiger partial charge in [-0.1, -0.05) is 17.7 Å². The second-order valence-electron chi connectivity index (χ2n) is 6.27. The topological polar surface area (TPSA) is 68.5 Å². The number of hydrogen-bond acceptors (Lipinski definition) is 4. The maximum atomic E-state index is 12.3. The van der Waals surface area contributed by atoms with Crippen LogP contribution in [0.5, 0.6) is 5.75 Å². The van der Waals surface area contributed by atoms with Gasteiger partial charge in [0.25, 0.3) is 0 Å². The second kappa shape index (κ2) is 7.44. The highest BCUT2D eigenvalue weighted by molar-refractivity contribution is 5.91. The van der Waals surface area contributed by atoms with E-state index in [4.69, 9.17) is 9.15 Å². The summed E-state index contributed by atoms with van der Waals surface area (Å²) in [5, 5.41) is 3.69. The van der Waals surface area contributed by atoms with Crippen molar-refractivity contribution in [3.63, 3.8) is 0 Å². The van der Waals surface area contributed by atoms with Crippen LogP contribution in [0.3, 0.4) is 0 Å². The lowest BCUT2D eigenvalue weighted by Gasteiger charge is -2.09. The third-order valence-corrected chi connectivity index (χ3v) is 4.43. The Hall–Kier alpha value is -3.08. The molecule has 0 saturated heterocycles. The number of anilines is 1. The molecular weight excluding hydrogens is 330 g/mol. The normalized spacial score (nSPS) is 10.7. The smallest absolute Gasteiger partial charge is 0.339 e. The number of benzene rings is 2. The van der Waals surface area contributed by atoms with Gasteiger partial charge in [0, 0.05) is 29.1 Å². The Balaban J connectivity index is 1.77. The summed E-state index contributed by atoms with van der Waals surface area (Å²) in [6.45, 7) is 3.86. The molecule has 0 aliphatic rings. The number of ether oxygens (including phenoxy) is 1. The maximum Gasteiger partial charge on any atom is 0.339 e. The van der Waals surface area contributed by atoms with Crippen molar-refractivity contribution < 1.29 is 13.9 Å². The van der Waals surface area contributed by atoms with Crippen molar-refractivity contribution in [1.82, 2.24) is 0 Å². The van der Waals surface area contributed by atoms with Crippen LogP contribution < -0.4 is 15.7 Å². The Morgan fingerprint density at radius 3 is 2.54 bits per heavy atom. The summed E-state index contributed by atoms with van der Waals surface area (Å²) in [6.07, 6.45) is 0.537. The fourth-order valence-electron chi connectivity index (χ4n) is 2.89. The van der Waals surface area contributed by atoms with E-state index in [0.29, 0.717) is 23.3 Å². The quantitative estimate of drug-likeness (QED) is 0.706. The van der Waals surface area contributed by atoms with Gasteiger partial charge in [0.1, 0.15) is 11.3 Å². The predicted molar refractivity (Wildman–Crippen MR) is 102 cm³/mol. The highest BCUT2D eigenvalue weighted by Gasteiger charge is 2.13. The minimum atomic E-state index is -0.411. The number of amides is 1. The van der Waals surface area contributed by atoms with E-state index in [2.05, 4.69) is 5.32 Å². The minimum absolute atomic E-state index is 0.137. The van der Waals surface area contributed by atoms with Crippen LogP contribution in [0.1, 0.15) is 23.1 Å². The number of carbonyl (C=O) groups excluding carboxylic acids is 1. The number of fused-ring (bicyclic) bond motifs is 1. The van der Waals surface area contributed by atoms with E-state index in [1.165, 1.54) is 0 Å². The SMILES string of the molecule is COc1ccc2c(C)c(CCC(=O)Nc3ccc(C)cc3)c(=O)oc2c1. The molecule has 0 aliphatic carbocycles. The van der Waals surface area contributed by atoms with Crippen LogP contribution in [0.2, 0.25) is 0 Å². The second-order valence-corrected chi connectivity index (χ2v) is 6.27. The molecule has 0 fully saturated rings. The van der Waals surface area contributed by atoms with Crippen LogP contribution in [0.25, 0.3) is 11.0 Å². The molecule has 0 aliphatic heterocycles. The van der Waals surface area contributed by atoms with Crippen LogP contribution in [0.15, 0.2) is 51.7 Å². The number of aryl methyl sites for hydroxylation is 2. The highest BCUT2D eigenvalue weighted by Crippen LogP contribution is 2.24. The molecule has 3 rings (SSSR count). The molecule has 2 aromatic carbocycles. The van der Waals surface area contributed by atoms with Crippen LogP contribution in [-0.4, -0.2) is 13.0 Å². The first-order chi connectivity index (χ1) is 12.5. The number of methoxy groups -OCH3 is 1. The van der Waals surface area contributed by atoms with E-state index in [0.717, 1.165) is 22.2 Å². The average Bonchev–Trinajstić information content (AvgIpc) is 2.63. The van der Waals surface area contributed by atoms with Crippen molar-refractivity contribution >= 4 is 22.6 Å². The van der Waals surface area contributed by atoms with Gasteiger partial charge in [0.05, 0.1) is 7.11 Å². The van der Waals surface area contributed by atoms with Gasteiger partial charge < -0.3 is 14.5 Å². The van der Waals surface area contributed by atoms with Gasteiger partial charge in [0.15, 0.2) is 0 Å². The summed E-state index contributed by atoms with van der Waals surface area (Å²) >= 11 is 0. The Morgan fingerprint density at radius 2 is 1.85 bits per heavy atom. The monoisotopic (exact) mass is 351 g/mol. The lowest BCUT2D eigenvalue weighted by atomic mass is 10.0. The van der Waals surface area contributed by atoms with Crippen molar-refractivity contribution in [2.24, 2.45) is 0 Å². The molecule has 0 unspecified atom stereocenters. The average molecular weight is 351 g/mol. The largest absolute Gasteiger partial charge is 0.497 e. The molecule has 1 heterocycles. The first kappa shape index (κ1) is 17.7. The summed E-state index contributed by atoms with van der Waals surface area (Å²) in [6, 6.07) is 13.0. The third-order valence-electron chi connectivity index (χ3n) is 4.43. The summed E-state index contributed by atoms with van der Waals surface area (Å²) < 4.78 is 10.6. The Morgan fingerprint density at radius 1 is 1.12 bits per heavy atom. The Kier molecular flexibility index (Phi) is 5.07. The third kappa shape index (κ3) is 3.77. The first-order valence-electron chi connectivity index (χ1n) is 8.45. The first-order valence-corrected chi connectivity index (χ1v) is 8.45. The molecular formula is C21H21NO4. The summed E-state index contributed by atoms with van der Waals surface area (Å²) in [5.41, 5.74) is 3.31. The van der Waals surface area contributed by atoms with Gasteiger partial charge in [-0.15, -0.1) is 0 Å². The van der Waals surface area contributed by atoms with E-state index < -0.39 is 5.63 Å². The van der Waals surface area contributed by atoms with E-state index >= 15 is 0 Å². The Bertz CT molecular complexity index is 1000. The van der Waals surface area contributed by atoms with Crippen molar-refractivity contribution in [3.05, 3.63) is 69.6 Å². The molecule has 0 spiro atoms. The minimum Gasteiger partial charge on any atom is -0.497 e. The number of hydrogen-bond donors (Lipinski definition) is 1. The summed E-state index contributed by atoms with van der Waals surface area (Å²) in [5.74, 6) is 0.493. The zero-order valence-corrected chi connectivity index (χ0v) is 15.1. The van der Waals surface area contributed by atoms with Crippen molar-refractivity contribution in [2.75, 3.05) is 12.4 Å². The van der Waals surface area contributed by atoms with Gasteiger partial charge in [-0.2, -0.15) is 0 Å². The van der Waals surface area contributed by atoms with Crippen LogP contribution in [0.4, 0.5) is 5.69 Å².